The first-order valence-electron chi connectivity index (χ1n) is 12.9. The zero-order valence-electron chi connectivity index (χ0n) is 20.3. The average Bonchev–Trinajstić information content (AvgIpc) is 3.26. The van der Waals surface area contributed by atoms with E-state index in [0.29, 0.717) is 70.7 Å². The van der Waals surface area contributed by atoms with Crippen LogP contribution in [0.4, 0.5) is 0 Å². The maximum Gasteiger partial charge on any atom is 0.282 e. The minimum atomic E-state index is -3.58. The van der Waals surface area contributed by atoms with E-state index in [9.17, 15) is 13.2 Å². The second-order valence-electron chi connectivity index (χ2n) is 10.2. The second kappa shape index (κ2) is 10.9. The van der Waals surface area contributed by atoms with Crippen molar-refractivity contribution in [1.82, 2.24) is 18.8 Å². The third kappa shape index (κ3) is 5.90. The van der Waals surface area contributed by atoms with E-state index in [-0.39, 0.29) is 18.4 Å². The first-order valence-corrected chi connectivity index (χ1v) is 14.3. The Morgan fingerprint density at radius 2 is 1.64 bits per heavy atom. The summed E-state index contributed by atoms with van der Waals surface area (Å²) in [6, 6.07) is 1.22. The lowest BCUT2D eigenvalue weighted by atomic mass is 9.97. The van der Waals surface area contributed by atoms with Crippen LogP contribution in [-0.2, 0) is 24.5 Å². The van der Waals surface area contributed by atoms with Crippen molar-refractivity contribution in [3.8, 4) is 0 Å². The van der Waals surface area contributed by atoms with Gasteiger partial charge in [0.2, 0.25) is 5.91 Å². The lowest BCUT2D eigenvalue weighted by Crippen LogP contribution is -2.54. The Morgan fingerprint density at radius 3 is 2.30 bits per heavy atom. The van der Waals surface area contributed by atoms with E-state index >= 15 is 0 Å². The Bertz CT molecular complexity index is 753. The highest BCUT2D eigenvalue weighted by Crippen LogP contribution is 2.33. The number of hydrogen-bond donors (Lipinski definition) is 1. The lowest BCUT2D eigenvalue weighted by Gasteiger charge is -2.40. The maximum absolute atomic E-state index is 13.2. The zero-order valence-corrected chi connectivity index (χ0v) is 21.2. The molecule has 9 nitrogen and oxygen atoms in total. The van der Waals surface area contributed by atoms with Crippen LogP contribution in [0.2, 0.25) is 0 Å². The van der Waals surface area contributed by atoms with E-state index in [1.54, 1.807) is 0 Å². The molecule has 190 valence electrons. The molecule has 4 fully saturated rings. The Hall–Kier alpha value is -0.780. The van der Waals surface area contributed by atoms with Gasteiger partial charge in [0.1, 0.15) is 0 Å². The number of carbonyl (C=O) groups is 1. The Kier molecular flexibility index (Phi) is 8.34. The summed E-state index contributed by atoms with van der Waals surface area (Å²) in [6.07, 6.45) is 7.29. The molecule has 3 atom stereocenters. The quantitative estimate of drug-likeness (QED) is 0.549. The van der Waals surface area contributed by atoms with Crippen LogP contribution in [0, 0.1) is 5.92 Å². The van der Waals surface area contributed by atoms with Gasteiger partial charge in [-0.05, 0) is 46.0 Å². The van der Waals surface area contributed by atoms with E-state index in [2.05, 4.69) is 24.1 Å². The first-order chi connectivity index (χ1) is 15.8. The van der Waals surface area contributed by atoms with Crippen LogP contribution in [0.3, 0.4) is 0 Å². The van der Waals surface area contributed by atoms with Crippen LogP contribution < -0.4 is 5.32 Å². The summed E-state index contributed by atoms with van der Waals surface area (Å²) in [4.78, 5) is 15.4. The highest BCUT2D eigenvalue weighted by molar-refractivity contribution is 7.86. The normalized spacial score (nSPS) is 32.2. The van der Waals surface area contributed by atoms with Crippen molar-refractivity contribution in [3.63, 3.8) is 0 Å². The summed E-state index contributed by atoms with van der Waals surface area (Å²) < 4.78 is 41.0. The molecule has 4 aliphatic rings. The number of nitrogens with zero attached hydrogens (tertiary/aromatic N) is 3. The fourth-order valence-electron chi connectivity index (χ4n) is 5.91. The van der Waals surface area contributed by atoms with E-state index in [1.807, 2.05) is 0 Å². The number of rotatable bonds is 7. The molecule has 4 aliphatic heterocycles. The molecule has 4 heterocycles. The summed E-state index contributed by atoms with van der Waals surface area (Å²) in [5.74, 6) is -0.890. The fourth-order valence-corrected chi connectivity index (χ4v) is 7.60. The minimum Gasteiger partial charge on any atom is -0.356 e. The molecule has 1 N–H and O–H groups in total. The van der Waals surface area contributed by atoms with Crippen molar-refractivity contribution in [1.29, 1.82) is 0 Å². The molecule has 0 aromatic rings. The third-order valence-electron chi connectivity index (χ3n) is 7.97. The van der Waals surface area contributed by atoms with Gasteiger partial charge in [-0.3, -0.25) is 9.69 Å². The number of amides is 1. The molecule has 4 saturated heterocycles. The molecular formula is C23H42N4O5S. The van der Waals surface area contributed by atoms with Gasteiger partial charge in [-0.25, -0.2) is 0 Å². The van der Waals surface area contributed by atoms with Crippen molar-refractivity contribution in [2.75, 3.05) is 52.5 Å². The van der Waals surface area contributed by atoms with Gasteiger partial charge in [0.25, 0.3) is 10.2 Å². The molecule has 0 aliphatic carbocycles. The Balaban J connectivity index is 1.22. The van der Waals surface area contributed by atoms with Gasteiger partial charge in [-0.15, -0.1) is 0 Å². The van der Waals surface area contributed by atoms with Crippen molar-refractivity contribution < 1.29 is 22.7 Å². The van der Waals surface area contributed by atoms with Crippen molar-refractivity contribution in [2.24, 2.45) is 5.92 Å². The molecular weight excluding hydrogens is 444 g/mol. The number of ether oxygens (including phenoxy) is 2. The molecule has 1 amide bonds. The van der Waals surface area contributed by atoms with Gasteiger partial charge in [-0.1, -0.05) is 6.42 Å². The topological polar surface area (TPSA) is 91.4 Å². The standard InChI is InChI=1S/C23H42N4O5S/c1-19-6-3-7-20(2)27(19)13-5-11-24-22(28)21-8-4-12-26(18-21)33(29,30)25-14-9-23(10-15-25)31-16-17-32-23/h19-21H,3-18H2,1-2H3,(H,24,28). The average molecular weight is 487 g/mol. The van der Waals surface area contributed by atoms with Crippen molar-refractivity contribution in [2.45, 2.75) is 83.1 Å². The molecule has 0 aromatic carbocycles. The molecule has 0 aromatic heterocycles. The number of hydrogen-bond acceptors (Lipinski definition) is 6. The van der Waals surface area contributed by atoms with E-state index in [4.69, 9.17) is 9.47 Å². The number of nitrogens with one attached hydrogen (secondary N) is 1. The van der Waals surface area contributed by atoms with Gasteiger partial charge in [0.05, 0.1) is 19.1 Å². The molecule has 0 radical (unpaired) electrons. The van der Waals surface area contributed by atoms with Crippen LogP contribution in [0.15, 0.2) is 0 Å². The monoisotopic (exact) mass is 486 g/mol. The SMILES string of the molecule is CC1CCCC(C)N1CCCNC(=O)C1CCCN(S(=O)(=O)N2CCC3(CC2)OCCO3)C1. The zero-order chi connectivity index (χ0) is 23.5. The highest BCUT2D eigenvalue weighted by Gasteiger charge is 2.44. The summed E-state index contributed by atoms with van der Waals surface area (Å²) in [6.45, 7) is 8.91. The highest BCUT2D eigenvalue weighted by atomic mass is 32.2. The predicted octanol–water partition coefficient (Wildman–Crippen LogP) is 1.55. The maximum atomic E-state index is 13.2. The molecule has 33 heavy (non-hydrogen) atoms. The molecule has 0 bridgehead atoms. The third-order valence-corrected chi connectivity index (χ3v) is 9.98. The summed E-state index contributed by atoms with van der Waals surface area (Å²) in [5, 5.41) is 3.07. The smallest absolute Gasteiger partial charge is 0.282 e. The van der Waals surface area contributed by atoms with Gasteiger partial charge in [0.15, 0.2) is 5.79 Å². The molecule has 3 unspecified atom stereocenters. The summed E-state index contributed by atoms with van der Waals surface area (Å²) >= 11 is 0. The van der Waals surface area contributed by atoms with Crippen LogP contribution in [0.5, 0.6) is 0 Å². The van der Waals surface area contributed by atoms with E-state index < -0.39 is 16.0 Å². The molecule has 10 heteroatoms. The van der Waals surface area contributed by atoms with Crippen LogP contribution >= 0.6 is 0 Å². The predicted molar refractivity (Wildman–Crippen MR) is 126 cm³/mol. The van der Waals surface area contributed by atoms with Gasteiger partial charge < -0.3 is 14.8 Å². The minimum absolute atomic E-state index is 0.0139. The first kappa shape index (κ1) is 25.3. The second-order valence-corrected chi connectivity index (χ2v) is 12.2. The molecule has 1 spiro atoms. The Morgan fingerprint density at radius 1 is 0.970 bits per heavy atom. The van der Waals surface area contributed by atoms with Crippen molar-refractivity contribution >= 4 is 16.1 Å². The van der Waals surface area contributed by atoms with Gasteiger partial charge in [0, 0.05) is 64.2 Å². The number of piperidine rings is 3. The fraction of sp³-hybridized carbons (Fsp3) is 0.957. The van der Waals surface area contributed by atoms with E-state index in [1.165, 1.54) is 27.9 Å². The van der Waals surface area contributed by atoms with Crippen LogP contribution in [-0.4, -0.2) is 98.2 Å². The van der Waals surface area contributed by atoms with Crippen LogP contribution in [0.25, 0.3) is 0 Å². The Labute approximate surface area is 199 Å². The van der Waals surface area contributed by atoms with Crippen molar-refractivity contribution in [3.05, 3.63) is 0 Å². The van der Waals surface area contributed by atoms with Gasteiger partial charge in [-0.2, -0.15) is 17.0 Å². The summed E-state index contributed by atoms with van der Waals surface area (Å²) in [5.41, 5.74) is 0. The summed E-state index contributed by atoms with van der Waals surface area (Å²) in [7, 11) is -3.58. The number of likely N-dealkylation sites (tertiary alicyclic amines) is 1. The van der Waals surface area contributed by atoms with E-state index in [0.717, 1.165) is 19.4 Å². The van der Waals surface area contributed by atoms with Crippen LogP contribution in [0.1, 0.15) is 65.2 Å². The lowest BCUT2D eigenvalue weighted by molar-refractivity contribution is -0.179. The largest absolute Gasteiger partial charge is 0.356 e. The molecule has 4 rings (SSSR count). The molecule has 0 saturated carbocycles. The van der Waals surface area contributed by atoms with Gasteiger partial charge >= 0.3 is 0 Å². The number of carbonyl (C=O) groups excluding carboxylic acids is 1.